The number of rotatable bonds is 5. The maximum absolute atomic E-state index is 6.08. The van der Waals surface area contributed by atoms with Gasteiger partial charge in [-0.25, -0.2) is 0 Å². The molecular weight excluding hydrogens is 479 g/mol. The molecule has 1 aliphatic rings. The summed E-state index contributed by atoms with van der Waals surface area (Å²) in [4.78, 5) is 4.36. The largest absolute Gasteiger partial charge is 0.377 e. The monoisotopic (exact) mass is 512 g/mol. The van der Waals surface area contributed by atoms with E-state index >= 15 is 0 Å². The zero-order valence-corrected chi connectivity index (χ0v) is 20.1. The van der Waals surface area contributed by atoms with Crippen LogP contribution in [0.4, 0.5) is 0 Å². The van der Waals surface area contributed by atoms with Crippen LogP contribution < -0.4 is 10.6 Å². The Hall–Kier alpha value is -1.68. The van der Waals surface area contributed by atoms with Crippen molar-refractivity contribution in [2.45, 2.75) is 46.3 Å². The summed E-state index contributed by atoms with van der Waals surface area (Å²) in [6, 6.07) is 10.1. The molecule has 1 aliphatic heterocycles. The standard InChI is InChI=1S/C21H32N6O.HI/c1-21(2,3)19-16(9-8-12-28-19)13-23-20(22-4)24-14-18-26-25-15-27(18)17-10-6-5-7-11-17;/h5-7,10-11,15-16,19H,8-9,12-14H2,1-4H3,(H2,22,23,24);1H. The molecular formula is C21H33IN6O. The van der Waals surface area contributed by atoms with E-state index in [2.05, 4.69) is 46.6 Å². The maximum atomic E-state index is 6.08. The Balaban J connectivity index is 0.00000300. The number of benzene rings is 1. The van der Waals surface area contributed by atoms with E-state index in [-0.39, 0.29) is 35.5 Å². The molecule has 0 saturated carbocycles. The number of halogens is 1. The van der Waals surface area contributed by atoms with Crippen LogP contribution in [0.5, 0.6) is 0 Å². The second-order valence-electron chi connectivity index (χ2n) is 8.32. The van der Waals surface area contributed by atoms with E-state index in [1.54, 1.807) is 13.4 Å². The third-order valence-electron chi connectivity index (χ3n) is 5.12. The Kier molecular flexibility index (Phi) is 8.88. The van der Waals surface area contributed by atoms with Crippen molar-refractivity contribution in [1.82, 2.24) is 25.4 Å². The highest BCUT2D eigenvalue weighted by Crippen LogP contribution is 2.33. The molecule has 2 N–H and O–H groups in total. The first-order valence-corrected chi connectivity index (χ1v) is 9.99. The first kappa shape index (κ1) is 23.6. The minimum atomic E-state index is 0. The maximum Gasteiger partial charge on any atom is 0.191 e. The van der Waals surface area contributed by atoms with Gasteiger partial charge in [0, 0.05) is 31.8 Å². The van der Waals surface area contributed by atoms with Crippen molar-refractivity contribution >= 4 is 29.9 Å². The topological polar surface area (TPSA) is 76.4 Å². The molecule has 2 heterocycles. The van der Waals surface area contributed by atoms with Crippen LogP contribution in [-0.4, -0.2) is 47.0 Å². The van der Waals surface area contributed by atoms with Gasteiger partial charge in [0.1, 0.15) is 6.33 Å². The van der Waals surface area contributed by atoms with Crippen LogP contribution in [0.15, 0.2) is 41.7 Å². The second-order valence-corrected chi connectivity index (χ2v) is 8.32. The summed E-state index contributed by atoms with van der Waals surface area (Å²) in [5, 5.41) is 15.1. The first-order chi connectivity index (χ1) is 13.5. The zero-order valence-electron chi connectivity index (χ0n) is 17.8. The van der Waals surface area contributed by atoms with Gasteiger partial charge in [0.25, 0.3) is 0 Å². The van der Waals surface area contributed by atoms with Gasteiger partial charge in [-0.2, -0.15) is 0 Å². The van der Waals surface area contributed by atoms with Crippen LogP contribution >= 0.6 is 24.0 Å². The molecule has 0 amide bonds. The van der Waals surface area contributed by atoms with Crippen molar-refractivity contribution in [3.63, 3.8) is 0 Å². The lowest BCUT2D eigenvalue weighted by Gasteiger charge is -2.40. The van der Waals surface area contributed by atoms with Crippen LogP contribution in [-0.2, 0) is 11.3 Å². The Morgan fingerprint density at radius 3 is 2.69 bits per heavy atom. The smallest absolute Gasteiger partial charge is 0.191 e. The van der Waals surface area contributed by atoms with E-state index in [9.17, 15) is 0 Å². The number of aliphatic imine (C=N–C) groups is 1. The fraction of sp³-hybridized carbons (Fsp3) is 0.571. The van der Waals surface area contributed by atoms with E-state index in [1.807, 2.05) is 34.9 Å². The normalized spacial score (nSPS) is 20.1. The van der Waals surface area contributed by atoms with Crippen LogP contribution in [0.2, 0.25) is 0 Å². The van der Waals surface area contributed by atoms with Gasteiger partial charge in [-0.15, -0.1) is 34.2 Å². The quantitative estimate of drug-likeness (QED) is 0.365. The Morgan fingerprint density at radius 2 is 2.00 bits per heavy atom. The van der Waals surface area contributed by atoms with Gasteiger partial charge in [-0.3, -0.25) is 9.56 Å². The van der Waals surface area contributed by atoms with Crippen molar-refractivity contribution in [3.05, 3.63) is 42.5 Å². The molecule has 1 aromatic carbocycles. The highest BCUT2D eigenvalue weighted by Gasteiger charge is 2.35. The molecule has 1 fully saturated rings. The molecule has 0 bridgehead atoms. The zero-order chi connectivity index (χ0) is 20.0. The third kappa shape index (κ3) is 6.40. The van der Waals surface area contributed by atoms with Crippen LogP contribution in [0, 0.1) is 11.3 Å². The number of nitrogens with zero attached hydrogens (tertiary/aromatic N) is 4. The van der Waals surface area contributed by atoms with E-state index in [0.29, 0.717) is 12.5 Å². The number of hydrogen-bond donors (Lipinski definition) is 2. The van der Waals surface area contributed by atoms with Gasteiger partial charge in [0.05, 0.1) is 12.6 Å². The molecule has 2 atom stereocenters. The molecule has 160 valence electrons. The fourth-order valence-corrected chi connectivity index (χ4v) is 3.80. The molecule has 2 unspecified atom stereocenters. The van der Waals surface area contributed by atoms with Gasteiger partial charge < -0.3 is 15.4 Å². The summed E-state index contributed by atoms with van der Waals surface area (Å²) in [5.74, 6) is 2.07. The summed E-state index contributed by atoms with van der Waals surface area (Å²) in [5.41, 5.74) is 1.18. The van der Waals surface area contributed by atoms with Crippen LogP contribution in [0.25, 0.3) is 5.69 Å². The summed E-state index contributed by atoms with van der Waals surface area (Å²) in [6.07, 6.45) is 4.28. The lowest BCUT2D eigenvalue weighted by atomic mass is 9.78. The highest BCUT2D eigenvalue weighted by molar-refractivity contribution is 14.0. The molecule has 1 saturated heterocycles. The van der Waals surface area contributed by atoms with Gasteiger partial charge in [-0.1, -0.05) is 39.0 Å². The minimum absolute atomic E-state index is 0. The minimum Gasteiger partial charge on any atom is -0.377 e. The highest BCUT2D eigenvalue weighted by atomic mass is 127. The SMILES string of the molecule is CN=C(NCc1nncn1-c1ccccc1)NCC1CCCOC1C(C)(C)C.I. The average molecular weight is 512 g/mol. The number of aromatic nitrogens is 3. The van der Waals surface area contributed by atoms with Gasteiger partial charge >= 0.3 is 0 Å². The molecule has 3 rings (SSSR count). The number of ether oxygens (including phenoxy) is 1. The van der Waals surface area contributed by atoms with E-state index in [0.717, 1.165) is 37.0 Å². The second kappa shape index (κ2) is 10.9. The molecule has 0 spiro atoms. The number of para-hydroxylation sites is 1. The Labute approximate surface area is 190 Å². The van der Waals surface area contributed by atoms with Crippen LogP contribution in [0.1, 0.15) is 39.4 Å². The van der Waals surface area contributed by atoms with E-state index < -0.39 is 0 Å². The molecule has 0 radical (unpaired) electrons. The third-order valence-corrected chi connectivity index (χ3v) is 5.12. The van der Waals surface area contributed by atoms with Crippen molar-refractivity contribution in [1.29, 1.82) is 0 Å². The predicted molar refractivity (Wildman–Crippen MR) is 127 cm³/mol. The molecule has 8 heteroatoms. The molecule has 7 nitrogen and oxygen atoms in total. The predicted octanol–water partition coefficient (Wildman–Crippen LogP) is 3.39. The van der Waals surface area contributed by atoms with Crippen molar-refractivity contribution < 1.29 is 4.74 Å². The lowest BCUT2D eigenvalue weighted by Crippen LogP contribution is -2.47. The average Bonchev–Trinajstić information content (AvgIpc) is 3.17. The molecule has 2 aromatic rings. The number of nitrogens with one attached hydrogen (secondary N) is 2. The molecule has 29 heavy (non-hydrogen) atoms. The van der Waals surface area contributed by atoms with Gasteiger partial charge in [-0.05, 0) is 30.4 Å². The summed E-state index contributed by atoms with van der Waals surface area (Å²) < 4.78 is 8.06. The van der Waals surface area contributed by atoms with Crippen LogP contribution in [0.3, 0.4) is 0 Å². The van der Waals surface area contributed by atoms with Crippen molar-refractivity contribution in [2.24, 2.45) is 16.3 Å². The summed E-state index contributed by atoms with van der Waals surface area (Å²) in [6.45, 7) is 8.99. The van der Waals surface area contributed by atoms with E-state index in [1.165, 1.54) is 6.42 Å². The van der Waals surface area contributed by atoms with Gasteiger partial charge in [0.15, 0.2) is 11.8 Å². The van der Waals surface area contributed by atoms with E-state index in [4.69, 9.17) is 4.74 Å². The summed E-state index contributed by atoms with van der Waals surface area (Å²) in [7, 11) is 1.79. The molecule has 1 aromatic heterocycles. The lowest BCUT2D eigenvalue weighted by molar-refractivity contribution is -0.0835. The molecule has 0 aliphatic carbocycles. The fourth-order valence-electron chi connectivity index (χ4n) is 3.80. The van der Waals surface area contributed by atoms with Gasteiger partial charge in [0.2, 0.25) is 0 Å². The van der Waals surface area contributed by atoms with Crippen molar-refractivity contribution in [2.75, 3.05) is 20.2 Å². The Morgan fingerprint density at radius 1 is 1.24 bits per heavy atom. The Bertz CT molecular complexity index is 771. The first-order valence-electron chi connectivity index (χ1n) is 9.99. The number of guanidine groups is 1. The summed E-state index contributed by atoms with van der Waals surface area (Å²) >= 11 is 0. The van der Waals surface area contributed by atoms with Crippen molar-refractivity contribution in [3.8, 4) is 5.69 Å². The number of hydrogen-bond acceptors (Lipinski definition) is 4.